The average molecular weight is 583 g/mol. The summed E-state index contributed by atoms with van der Waals surface area (Å²) in [5.74, 6) is 0.285. The number of hydrogen-bond donors (Lipinski definition) is 2. The van der Waals surface area contributed by atoms with Crippen molar-refractivity contribution in [3.8, 4) is 0 Å². The highest BCUT2D eigenvalue weighted by Crippen LogP contribution is 2.49. The van der Waals surface area contributed by atoms with Crippen LogP contribution in [0.15, 0.2) is 30.3 Å². The minimum atomic E-state index is -5.00. The van der Waals surface area contributed by atoms with E-state index in [0.29, 0.717) is 36.2 Å². The second-order valence-corrected chi connectivity index (χ2v) is 10.8. The fourth-order valence-electron chi connectivity index (χ4n) is 6.12. The molecule has 2 aromatic carbocycles. The maximum Gasteiger partial charge on any atom is 0.416 e. The third-order valence-corrected chi connectivity index (χ3v) is 7.93. The van der Waals surface area contributed by atoms with Gasteiger partial charge in [0.1, 0.15) is 0 Å². The molecule has 2 N–H and O–H groups in total. The summed E-state index contributed by atoms with van der Waals surface area (Å²) in [6.45, 7) is 3.91. The van der Waals surface area contributed by atoms with Gasteiger partial charge in [0.15, 0.2) is 0 Å². The molecule has 3 aromatic rings. The third kappa shape index (κ3) is 5.55. The second kappa shape index (κ2) is 10.5. The van der Waals surface area contributed by atoms with Crippen LogP contribution in [0, 0.1) is 5.92 Å². The second-order valence-electron chi connectivity index (χ2n) is 10.8. The first-order chi connectivity index (χ1) is 19.3. The van der Waals surface area contributed by atoms with Gasteiger partial charge in [-0.25, -0.2) is 4.79 Å². The number of hydrogen-bond acceptors (Lipinski definition) is 5. The summed E-state index contributed by atoms with van der Waals surface area (Å²) in [6.07, 6.45) is -8.78. The van der Waals surface area contributed by atoms with Crippen molar-refractivity contribution in [2.24, 2.45) is 5.92 Å². The standard InChI is InChI=1S/C27H28F6N6O2/c1-14(2)19-7-5-16-6-8-20-21(4-3-9-38(25(40)41)23(20)22(16)19)39(24-34-36-37-35-24)13-15-10-17(26(28,29)30)12-18(11-15)27(31,32)33/h6,8,10-12,14,19,21H,3-5,7,9,13H2,1-2H3,(H,40,41)(H,34,35,36,37). The summed E-state index contributed by atoms with van der Waals surface area (Å²) in [5, 5.41) is 24.1. The largest absolute Gasteiger partial charge is 0.465 e. The van der Waals surface area contributed by atoms with Gasteiger partial charge in [0.2, 0.25) is 0 Å². The lowest BCUT2D eigenvalue weighted by Gasteiger charge is -2.33. The quantitative estimate of drug-likeness (QED) is 0.316. The van der Waals surface area contributed by atoms with E-state index >= 15 is 0 Å². The summed E-state index contributed by atoms with van der Waals surface area (Å²) in [4.78, 5) is 15.3. The lowest BCUT2D eigenvalue weighted by molar-refractivity contribution is -0.143. The maximum absolute atomic E-state index is 13.6. The van der Waals surface area contributed by atoms with Gasteiger partial charge >= 0.3 is 18.4 Å². The molecule has 14 heteroatoms. The Labute approximate surface area is 231 Å². The number of rotatable bonds is 5. The molecule has 0 saturated heterocycles. The van der Waals surface area contributed by atoms with Gasteiger partial charge in [-0.15, -0.1) is 5.10 Å². The van der Waals surface area contributed by atoms with Crippen LogP contribution in [0.4, 0.5) is 42.8 Å². The summed E-state index contributed by atoms with van der Waals surface area (Å²) < 4.78 is 81.7. The van der Waals surface area contributed by atoms with Crippen molar-refractivity contribution in [3.63, 3.8) is 0 Å². The van der Waals surface area contributed by atoms with Crippen LogP contribution >= 0.6 is 0 Å². The van der Waals surface area contributed by atoms with E-state index in [1.165, 1.54) is 9.80 Å². The topological polar surface area (TPSA) is 98.2 Å². The van der Waals surface area contributed by atoms with Gasteiger partial charge < -0.3 is 10.0 Å². The van der Waals surface area contributed by atoms with Crippen molar-refractivity contribution in [3.05, 3.63) is 63.7 Å². The SMILES string of the molecule is CC(C)C1CCc2ccc3c(c21)N(C(=O)O)CCCC3N(Cc1cc(C(F)(F)F)cc(C(F)(F)F)c1)c1nn[nH]n1. The molecule has 1 aliphatic heterocycles. The molecule has 0 radical (unpaired) electrons. The van der Waals surface area contributed by atoms with E-state index in [9.17, 15) is 36.2 Å². The Hall–Kier alpha value is -3.84. The van der Waals surface area contributed by atoms with Gasteiger partial charge in [-0.1, -0.05) is 31.1 Å². The molecule has 5 rings (SSSR count). The van der Waals surface area contributed by atoms with E-state index in [4.69, 9.17) is 0 Å². The molecule has 41 heavy (non-hydrogen) atoms. The fraction of sp³-hybridized carbons (Fsp3) is 0.481. The number of halogens is 6. The zero-order chi connectivity index (χ0) is 29.7. The molecule has 1 aromatic heterocycles. The van der Waals surface area contributed by atoms with Crippen LogP contribution in [-0.4, -0.2) is 38.4 Å². The normalized spacial score (nSPS) is 19.2. The molecular weight excluding hydrogens is 554 g/mol. The van der Waals surface area contributed by atoms with Gasteiger partial charge in [0.05, 0.1) is 22.9 Å². The van der Waals surface area contributed by atoms with E-state index in [2.05, 4.69) is 34.5 Å². The number of carboxylic acid groups (broad SMARTS) is 1. The number of nitrogens with one attached hydrogen (secondary N) is 1. The number of carbonyl (C=O) groups is 1. The van der Waals surface area contributed by atoms with Gasteiger partial charge in [-0.05, 0) is 83.2 Å². The summed E-state index contributed by atoms with van der Waals surface area (Å²) in [7, 11) is 0. The highest BCUT2D eigenvalue weighted by Gasteiger charge is 2.40. The molecule has 2 heterocycles. The number of amides is 1. The summed E-state index contributed by atoms with van der Waals surface area (Å²) in [6, 6.07) is 4.54. The molecule has 0 bridgehead atoms. The molecule has 0 saturated carbocycles. The average Bonchev–Trinajstić information content (AvgIpc) is 3.53. The molecule has 2 atom stereocenters. The van der Waals surface area contributed by atoms with Crippen molar-refractivity contribution in [1.82, 2.24) is 20.6 Å². The number of alkyl halides is 6. The van der Waals surface area contributed by atoms with E-state index in [0.717, 1.165) is 24.0 Å². The number of nitrogens with zero attached hydrogens (tertiary/aromatic N) is 5. The molecule has 220 valence electrons. The number of aromatic nitrogens is 4. The smallest absolute Gasteiger partial charge is 0.416 e. The predicted molar refractivity (Wildman–Crippen MR) is 136 cm³/mol. The van der Waals surface area contributed by atoms with Crippen molar-refractivity contribution >= 4 is 17.7 Å². The van der Waals surface area contributed by atoms with Crippen LogP contribution in [0.2, 0.25) is 0 Å². The van der Waals surface area contributed by atoms with Gasteiger partial charge in [0.25, 0.3) is 5.95 Å². The number of tetrazole rings is 1. The Morgan fingerprint density at radius 3 is 2.34 bits per heavy atom. The lowest BCUT2D eigenvalue weighted by Crippen LogP contribution is -2.32. The van der Waals surface area contributed by atoms with E-state index in [1.54, 1.807) is 0 Å². The molecular formula is C27H28F6N6O2. The Kier molecular flexibility index (Phi) is 7.36. The van der Waals surface area contributed by atoms with Crippen LogP contribution in [0.3, 0.4) is 0 Å². The molecule has 8 nitrogen and oxygen atoms in total. The zero-order valence-corrected chi connectivity index (χ0v) is 22.2. The van der Waals surface area contributed by atoms with Crippen molar-refractivity contribution in [2.45, 2.75) is 70.4 Å². The number of benzene rings is 2. The van der Waals surface area contributed by atoms with E-state index < -0.39 is 42.2 Å². The Morgan fingerprint density at radius 1 is 1.10 bits per heavy atom. The maximum atomic E-state index is 13.6. The van der Waals surface area contributed by atoms with Crippen LogP contribution in [0.25, 0.3) is 0 Å². The number of H-pyrrole nitrogens is 1. The molecule has 0 spiro atoms. The van der Waals surface area contributed by atoms with Gasteiger partial charge in [-0.3, -0.25) is 4.90 Å². The number of aromatic amines is 1. The molecule has 2 unspecified atom stereocenters. The van der Waals surface area contributed by atoms with Crippen molar-refractivity contribution in [1.29, 1.82) is 0 Å². The first kappa shape index (κ1) is 28.7. The highest BCUT2D eigenvalue weighted by atomic mass is 19.4. The van der Waals surface area contributed by atoms with Gasteiger partial charge in [0, 0.05) is 13.1 Å². The molecule has 1 amide bonds. The third-order valence-electron chi connectivity index (χ3n) is 7.93. The van der Waals surface area contributed by atoms with Crippen LogP contribution in [0.5, 0.6) is 0 Å². The molecule has 1 aliphatic carbocycles. The van der Waals surface area contributed by atoms with Gasteiger partial charge in [-0.2, -0.15) is 31.6 Å². The van der Waals surface area contributed by atoms with Crippen LogP contribution in [-0.2, 0) is 25.3 Å². The Bertz CT molecular complexity index is 1390. The molecule has 0 fully saturated rings. The number of anilines is 2. The first-order valence-electron chi connectivity index (χ1n) is 13.2. The minimum Gasteiger partial charge on any atom is -0.465 e. The predicted octanol–water partition coefficient (Wildman–Crippen LogP) is 6.95. The Balaban J connectivity index is 1.67. The zero-order valence-electron chi connectivity index (χ0n) is 22.2. The monoisotopic (exact) mass is 582 g/mol. The van der Waals surface area contributed by atoms with Crippen molar-refractivity contribution in [2.75, 3.05) is 16.3 Å². The molecule has 2 aliphatic rings. The Morgan fingerprint density at radius 2 is 1.78 bits per heavy atom. The van der Waals surface area contributed by atoms with Crippen LogP contribution < -0.4 is 9.80 Å². The van der Waals surface area contributed by atoms with Crippen molar-refractivity contribution < 1.29 is 36.2 Å². The lowest BCUT2D eigenvalue weighted by atomic mass is 9.86. The minimum absolute atomic E-state index is 0.0309. The first-order valence-corrected chi connectivity index (χ1v) is 13.2. The van der Waals surface area contributed by atoms with Crippen LogP contribution in [0.1, 0.15) is 78.5 Å². The number of fused-ring (bicyclic) bond motifs is 3. The van der Waals surface area contributed by atoms with E-state index in [-0.39, 0.29) is 36.0 Å². The number of aryl methyl sites for hydroxylation is 1. The van der Waals surface area contributed by atoms with E-state index in [1.807, 2.05) is 12.1 Å². The highest BCUT2D eigenvalue weighted by molar-refractivity contribution is 5.90. The summed E-state index contributed by atoms with van der Waals surface area (Å²) >= 11 is 0. The summed E-state index contributed by atoms with van der Waals surface area (Å²) in [5.41, 5.74) is -0.00524. The fourth-order valence-corrected chi connectivity index (χ4v) is 6.12.